The molecule has 1 aromatic heterocycles. The van der Waals surface area contributed by atoms with Crippen molar-refractivity contribution in [2.75, 3.05) is 0 Å². The van der Waals surface area contributed by atoms with E-state index in [1.54, 1.807) is 4.68 Å². The molecule has 0 unspecified atom stereocenters. The summed E-state index contributed by atoms with van der Waals surface area (Å²) in [5.74, 6) is -0.933. The van der Waals surface area contributed by atoms with Crippen LogP contribution in [0.3, 0.4) is 0 Å². The Kier molecular flexibility index (Phi) is 3.61. The van der Waals surface area contributed by atoms with E-state index >= 15 is 0 Å². The van der Waals surface area contributed by atoms with Crippen molar-refractivity contribution in [2.45, 2.75) is 32.1 Å². The van der Waals surface area contributed by atoms with Crippen LogP contribution >= 0.6 is 15.9 Å². The number of halogens is 1. The fraction of sp³-hybridized carbons (Fsp3) is 0.333. The Morgan fingerprint density at radius 2 is 2.05 bits per heavy atom. The maximum atomic E-state index is 11.4. The molecule has 0 fully saturated rings. The molecule has 0 aliphatic heterocycles. The van der Waals surface area contributed by atoms with Gasteiger partial charge in [-0.1, -0.05) is 28.4 Å². The lowest BCUT2D eigenvalue weighted by molar-refractivity contribution is 0.0688. The number of hydrogen-bond donors (Lipinski definition) is 1. The van der Waals surface area contributed by atoms with E-state index in [0.29, 0.717) is 0 Å². The number of carbonyl (C=O) groups is 1. The van der Waals surface area contributed by atoms with Crippen LogP contribution in [0, 0.1) is 0 Å². The molecule has 0 atom stereocenters. The molecule has 0 saturated carbocycles. The molecule has 1 heterocycles. The Balaban J connectivity index is 2.18. The first-order valence-electron chi connectivity index (χ1n) is 6.77. The summed E-state index contributed by atoms with van der Waals surface area (Å²) < 4.78 is 2.76. The monoisotopic (exact) mass is 334 g/mol. The van der Waals surface area contributed by atoms with Gasteiger partial charge in [0.15, 0.2) is 5.69 Å². The van der Waals surface area contributed by atoms with E-state index in [4.69, 9.17) is 0 Å². The maximum absolute atomic E-state index is 11.4. The van der Waals surface area contributed by atoms with Gasteiger partial charge in [0.25, 0.3) is 0 Å². The highest BCUT2D eigenvalue weighted by Gasteiger charge is 2.24. The molecule has 5 heteroatoms. The van der Waals surface area contributed by atoms with Gasteiger partial charge in [-0.25, -0.2) is 9.48 Å². The smallest absolute Gasteiger partial charge is 0.356 e. The molecular weight excluding hydrogens is 320 g/mol. The van der Waals surface area contributed by atoms with Gasteiger partial charge in [0, 0.05) is 15.7 Å². The van der Waals surface area contributed by atoms with Crippen molar-refractivity contribution in [1.29, 1.82) is 0 Å². The quantitative estimate of drug-likeness (QED) is 0.853. The summed E-state index contributed by atoms with van der Waals surface area (Å²) in [5.41, 5.74) is 3.08. The van der Waals surface area contributed by atoms with Crippen LogP contribution in [0.2, 0.25) is 0 Å². The van der Waals surface area contributed by atoms with E-state index in [0.717, 1.165) is 53.5 Å². The van der Waals surface area contributed by atoms with E-state index in [1.807, 2.05) is 24.3 Å². The average molecular weight is 335 g/mol. The Hall–Kier alpha value is -1.62. The second-order valence-electron chi connectivity index (χ2n) is 5.03. The molecule has 1 N–H and O–H groups in total. The van der Waals surface area contributed by atoms with E-state index < -0.39 is 5.97 Å². The molecule has 0 amide bonds. The van der Waals surface area contributed by atoms with Crippen molar-refractivity contribution >= 4 is 21.9 Å². The third kappa shape index (κ3) is 2.38. The Bertz CT molecular complexity index is 664. The minimum absolute atomic E-state index is 0.210. The van der Waals surface area contributed by atoms with Gasteiger partial charge in [0.05, 0.1) is 5.69 Å². The normalized spacial score (nSPS) is 14.7. The SMILES string of the molecule is O=C(O)c1nn(-c2cccc(Br)c2)c2c1CCCCC2. The lowest BCUT2D eigenvalue weighted by Gasteiger charge is -2.07. The molecule has 1 aliphatic carbocycles. The lowest BCUT2D eigenvalue weighted by atomic mass is 10.1. The molecule has 0 radical (unpaired) electrons. The van der Waals surface area contributed by atoms with Gasteiger partial charge in [-0.2, -0.15) is 5.10 Å². The average Bonchev–Trinajstić information content (AvgIpc) is 2.61. The minimum atomic E-state index is -0.933. The highest BCUT2D eigenvalue weighted by molar-refractivity contribution is 9.10. The third-order valence-electron chi connectivity index (χ3n) is 3.69. The molecule has 0 saturated heterocycles. The van der Waals surface area contributed by atoms with Gasteiger partial charge in [-0.05, 0) is 43.9 Å². The van der Waals surface area contributed by atoms with Gasteiger partial charge in [0.1, 0.15) is 0 Å². The van der Waals surface area contributed by atoms with Gasteiger partial charge in [-0.3, -0.25) is 0 Å². The Morgan fingerprint density at radius 3 is 2.80 bits per heavy atom. The second kappa shape index (κ2) is 5.40. The molecule has 4 nitrogen and oxygen atoms in total. The molecule has 3 rings (SSSR count). The molecule has 104 valence electrons. The second-order valence-corrected chi connectivity index (χ2v) is 5.95. The van der Waals surface area contributed by atoms with Crippen LogP contribution < -0.4 is 0 Å². The predicted molar refractivity (Wildman–Crippen MR) is 79.5 cm³/mol. The number of rotatable bonds is 2. The van der Waals surface area contributed by atoms with E-state index in [-0.39, 0.29) is 5.69 Å². The molecule has 0 bridgehead atoms. The fourth-order valence-corrected chi connectivity index (χ4v) is 3.16. The van der Waals surface area contributed by atoms with E-state index in [1.165, 1.54) is 0 Å². The molecule has 1 aliphatic rings. The number of hydrogen-bond acceptors (Lipinski definition) is 2. The first-order valence-corrected chi connectivity index (χ1v) is 7.56. The van der Waals surface area contributed by atoms with Crippen molar-refractivity contribution in [3.8, 4) is 5.69 Å². The fourth-order valence-electron chi connectivity index (χ4n) is 2.77. The van der Waals surface area contributed by atoms with Gasteiger partial charge >= 0.3 is 5.97 Å². The number of benzene rings is 1. The zero-order valence-electron chi connectivity index (χ0n) is 11.0. The molecule has 2 aromatic rings. The van der Waals surface area contributed by atoms with Crippen LogP contribution in [-0.2, 0) is 12.8 Å². The largest absolute Gasteiger partial charge is 0.476 e. The number of aromatic nitrogens is 2. The van der Waals surface area contributed by atoms with Crippen molar-refractivity contribution in [1.82, 2.24) is 9.78 Å². The van der Waals surface area contributed by atoms with E-state index in [9.17, 15) is 9.90 Å². The summed E-state index contributed by atoms with van der Waals surface area (Å²) in [6, 6.07) is 7.80. The van der Waals surface area contributed by atoms with Gasteiger partial charge in [0.2, 0.25) is 0 Å². The van der Waals surface area contributed by atoms with Crippen molar-refractivity contribution in [2.24, 2.45) is 0 Å². The number of fused-ring (bicyclic) bond motifs is 1. The van der Waals surface area contributed by atoms with Crippen LogP contribution in [0.15, 0.2) is 28.7 Å². The Morgan fingerprint density at radius 1 is 1.25 bits per heavy atom. The van der Waals surface area contributed by atoms with Crippen LogP contribution in [0.5, 0.6) is 0 Å². The summed E-state index contributed by atoms with van der Waals surface area (Å²) in [5, 5.41) is 13.7. The molecule has 0 spiro atoms. The molecule has 20 heavy (non-hydrogen) atoms. The summed E-state index contributed by atoms with van der Waals surface area (Å²) >= 11 is 3.45. The number of nitrogens with zero attached hydrogens (tertiary/aromatic N) is 2. The topological polar surface area (TPSA) is 55.1 Å². The van der Waals surface area contributed by atoms with Gasteiger partial charge in [-0.15, -0.1) is 0 Å². The van der Waals surface area contributed by atoms with Crippen molar-refractivity contribution < 1.29 is 9.90 Å². The lowest BCUT2D eigenvalue weighted by Crippen LogP contribution is -2.04. The highest BCUT2D eigenvalue weighted by atomic mass is 79.9. The summed E-state index contributed by atoms with van der Waals surface area (Å²) in [6.07, 6.45) is 4.97. The van der Waals surface area contributed by atoms with Crippen LogP contribution in [0.1, 0.15) is 41.0 Å². The third-order valence-corrected chi connectivity index (χ3v) is 4.18. The predicted octanol–water partition coefficient (Wildman–Crippen LogP) is 3.60. The first-order chi connectivity index (χ1) is 9.66. The summed E-state index contributed by atoms with van der Waals surface area (Å²) in [6.45, 7) is 0. The summed E-state index contributed by atoms with van der Waals surface area (Å²) in [7, 11) is 0. The Labute approximate surface area is 125 Å². The molecular formula is C15H15BrN2O2. The van der Waals surface area contributed by atoms with Crippen molar-refractivity contribution in [3.05, 3.63) is 45.7 Å². The number of carboxylic acids is 1. The number of aromatic carboxylic acids is 1. The number of carboxylic acid groups (broad SMARTS) is 1. The summed E-state index contributed by atoms with van der Waals surface area (Å²) in [4.78, 5) is 11.4. The zero-order valence-corrected chi connectivity index (χ0v) is 12.6. The standard InChI is InChI=1S/C15H15BrN2O2/c16-10-5-4-6-11(9-10)18-13-8-3-1-2-7-12(13)14(17-18)15(19)20/h4-6,9H,1-3,7-8H2,(H,19,20). The minimum Gasteiger partial charge on any atom is -0.476 e. The van der Waals surface area contributed by atoms with Crippen LogP contribution in [0.4, 0.5) is 0 Å². The maximum Gasteiger partial charge on any atom is 0.356 e. The molecule has 1 aromatic carbocycles. The van der Waals surface area contributed by atoms with Crippen LogP contribution in [0.25, 0.3) is 5.69 Å². The van der Waals surface area contributed by atoms with Crippen LogP contribution in [-0.4, -0.2) is 20.9 Å². The van der Waals surface area contributed by atoms with Gasteiger partial charge < -0.3 is 5.11 Å². The first kappa shape index (κ1) is 13.4. The van der Waals surface area contributed by atoms with Crippen molar-refractivity contribution in [3.63, 3.8) is 0 Å². The van der Waals surface area contributed by atoms with E-state index in [2.05, 4.69) is 21.0 Å². The zero-order chi connectivity index (χ0) is 14.1. The highest BCUT2D eigenvalue weighted by Crippen LogP contribution is 2.27.